The van der Waals surface area contributed by atoms with Crippen LogP contribution in [0.3, 0.4) is 0 Å². The average Bonchev–Trinajstić information content (AvgIpc) is 2.14. The van der Waals surface area contributed by atoms with Gasteiger partial charge in [0.05, 0.1) is 18.8 Å². The third-order valence-electron chi connectivity index (χ3n) is 1.92. The van der Waals surface area contributed by atoms with Gasteiger partial charge in [-0.2, -0.15) is 0 Å². The van der Waals surface area contributed by atoms with Crippen molar-refractivity contribution < 1.29 is 9.59 Å². The maximum Gasteiger partial charge on any atom is 0.231 e. The van der Waals surface area contributed by atoms with Crippen LogP contribution in [-0.4, -0.2) is 34.8 Å². The molecule has 1 heterocycles. The molecule has 0 aromatic carbocycles. The molecule has 0 saturated carbocycles. The fraction of sp³-hybridized carbons (Fsp3) is 0.300. The highest BCUT2D eigenvalue weighted by atomic mass is 35.5. The van der Waals surface area contributed by atoms with Crippen LogP contribution in [0.1, 0.15) is 5.69 Å². The lowest BCUT2D eigenvalue weighted by molar-refractivity contribution is -0.122. The Kier molecular flexibility index (Phi) is 4.86. The Morgan fingerprint density at radius 2 is 1.88 bits per heavy atom. The molecule has 0 aliphatic rings. The highest BCUT2D eigenvalue weighted by molar-refractivity contribution is 6.30. The van der Waals surface area contributed by atoms with Crippen molar-refractivity contribution in [3.63, 3.8) is 0 Å². The Hall–Kier alpha value is -1.66. The van der Waals surface area contributed by atoms with E-state index in [0.717, 1.165) is 0 Å². The van der Waals surface area contributed by atoms with E-state index in [1.165, 1.54) is 4.90 Å². The van der Waals surface area contributed by atoms with Gasteiger partial charge in [-0.05, 0) is 12.1 Å². The smallest absolute Gasteiger partial charge is 0.231 e. The van der Waals surface area contributed by atoms with Crippen LogP contribution in [0.25, 0.3) is 0 Å². The number of carbonyl (C=O) groups excluding carboxylic acids is 2. The zero-order valence-electron chi connectivity index (χ0n) is 9.10. The first-order chi connectivity index (χ1) is 7.97. The third kappa shape index (κ3) is 5.28. The van der Waals surface area contributed by atoms with Crippen molar-refractivity contribution in [1.29, 1.82) is 0 Å². The number of rotatable bonds is 6. The van der Waals surface area contributed by atoms with Crippen molar-refractivity contribution in [2.75, 3.05) is 13.1 Å². The quantitative estimate of drug-likeness (QED) is 0.717. The lowest BCUT2D eigenvalue weighted by atomic mass is 10.3. The second-order valence-corrected chi connectivity index (χ2v) is 3.98. The Bertz CT molecular complexity index is 409. The van der Waals surface area contributed by atoms with Crippen LogP contribution in [-0.2, 0) is 16.1 Å². The molecule has 0 atom stereocenters. The summed E-state index contributed by atoms with van der Waals surface area (Å²) in [5.74, 6) is -1.07. The van der Waals surface area contributed by atoms with Gasteiger partial charge in [0, 0.05) is 17.8 Å². The van der Waals surface area contributed by atoms with E-state index in [9.17, 15) is 9.59 Å². The second kappa shape index (κ2) is 6.17. The summed E-state index contributed by atoms with van der Waals surface area (Å²) in [4.78, 5) is 27.2. The molecule has 0 bridgehead atoms. The second-order valence-electron chi connectivity index (χ2n) is 3.54. The lowest BCUT2D eigenvalue weighted by Gasteiger charge is -2.18. The minimum atomic E-state index is -0.534. The molecule has 0 spiro atoms. The van der Waals surface area contributed by atoms with Crippen LogP contribution in [0.4, 0.5) is 0 Å². The first-order valence-corrected chi connectivity index (χ1v) is 5.24. The summed E-state index contributed by atoms with van der Waals surface area (Å²) in [6.45, 7) is 0.167. The van der Waals surface area contributed by atoms with E-state index in [1.54, 1.807) is 18.3 Å². The summed E-state index contributed by atoms with van der Waals surface area (Å²) >= 11 is 5.80. The number of carbonyl (C=O) groups is 2. The van der Waals surface area contributed by atoms with Crippen LogP contribution in [0, 0.1) is 0 Å². The van der Waals surface area contributed by atoms with Crippen molar-refractivity contribution in [2.45, 2.75) is 6.54 Å². The van der Waals surface area contributed by atoms with Gasteiger partial charge < -0.3 is 11.5 Å². The number of hydrogen-bond acceptors (Lipinski definition) is 4. The maximum absolute atomic E-state index is 10.8. The molecule has 7 heteroatoms. The van der Waals surface area contributed by atoms with E-state index >= 15 is 0 Å². The lowest BCUT2D eigenvalue weighted by Crippen LogP contribution is -2.39. The van der Waals surface area contributed by atoms with Gasteiger partial charge in [-0.1, -0.05) is 11.6 Å². The van der Waals surface area contributed by atoms with E-state index in [1.807, 2.05) is 0 Å². The number of pyridine rings is 1. The molecular weight excluding hydrogens is 244 g/mol. The molecule has 92 valence electrons. The van der Waals surface area contributed by atoms with Crippen molar-refractivity contribution >= 4 is 23.4 Å². The highest BCUT2D eigenvalue weighted by Crippen LogP contribution is 2.09. The molecule has 0 saturated heterocycles. The van der Waals surface area contributed by atoms with Crippen molar-refractivity contribution in [3.05, 3.63) is 29.0 Å². The Morgan fingerprint density at radius 3 is 2.35 bits per heavy atom. The normalized spacial score (nSPS) is 10.5. The van der Waals surface area contributed by atoms with Gasteiger partial charge >= 0.3 is 0 Å². The average molecular weight is 257 g/mol. The topological polar surface area (TPSA) is 102 Å². The summed E-state index contributed by atoms with van der Waals surface area (Å²) in [7, 11) is 0. The minimum absolute atomic E-state index is 0.0584. The fourth-order valence-corrected chi connectivity index (χ4v) is 1.56. The van der Waals surface area contributed by atoms with Crippen molar-refractivity contribution in [2.24, 2.45) is 11.5 Å². The standard InChI is InChI=1S/C10H13ClN4O2/c11-7-1-2-14-8(3-7)4-15(5-9(12)16)6-10(13)17/h1-3H,4-6H2,(H2,12,16)(H2,13,17). The van der Waals surface area contributed by atoms with E-state index in [-0.39, 0.29) is 19.6 Å². The molecule has 1 aromatic heterocycles. The van der Waals surface area contributed by atoms with Gasteiger partial charge in [0.15, 0.2) is 0 Å². The van der Waals surface area contributed by atoms with Crippen LogP contribution in [0.5, 0.6) is 0 Å². The van der Waals surface area contributed by atoms with Gasteiger partial charge in [-0.15, -0.1) is 0 Å². The minimum Gasteiger partial charge on any atom is -0.369 e. The summed E-state index contributed by atoms with van der Waals surface area (Å²) < 4.78 is 0. The van der Waals surface area contributed by atoms with Crippen molar-refractivity contribution in [3.8, 4) is 0 Å². The van der Waals surface area contributed by atoms with Crippen LogP contribution in [0.15, 0.2) is 18.3 Å². The molecular formula is C10H13ClN4O2. The van der Waals surface area contributed by atoms with Gasteiger partial charge in [0.2, 0.25) is 11.8 Å². The molecule has 6 nitrogen and oxygen atoms in total. The molecule has 4 N–H and O–H groups in total. The summed E-state index contributed by atoms with van der Waals surface area (Å²) in [6.07, 6.45) is 1.55. The monoisotopic (exact) mass is 256 g/mol. The number of amides is 2. The highest BCUT2D eigenvalue weighted by Gasteiger charge is 2.12. The van der Waals surface area contributed by atoms with Gasteiger partial charge in [0.25, 0.3) is 0 Å². The molecule has 2 amide bonds. The number of halogens is 1. The molecule has 1 aromatic rings. The van der Waals surface area contributed by atoms with Gasteiger partial charge in [-0.25, -0.2) is 0 Å². The molecule has 1 rings (SSSR count). The zero-order chi connectivity index (χ0) is 12.8. The molecule has 17 heavy (non-hydrogen) atoms. The number of aromatic nitrogens is 1. The largest absolute Gasteiger partial charge is 0.369 e. The number of hydrogen-bond donors (Lipinski definition) is 2. The predicted molar refractivity (Wildman–Crippen MR) is 62.9 cm³/mol. The first kappa shape index (κ1) is 13.4. The van der Waals surface area contributed by atoms with Crippen molar-refractivity contribution in [1.82, 2.24) is 9.88 Å². The van der Waals surface area contributed by atoms with Crippen LogP contribution in [0.2, 0.25) is 5.02 Å². The van der Waals surface area contributed by atoms with E-state index in [4.69, 9.17) is 23.1 Å². The molecule has 0 aliphatic carbocycles. The maximum atomic E-state index is 10.8. The first-order valence-electron chi connectivity index (χ1n) is 4.87. The van der Waals surface area contributed by atoms with Gasteiger partial charge in [0.1, 0.15) is 0 Å². The Balaban J connectivity index is 2.71. The molecule has 0 radical (unpaired) electrons. The SMILES string of the molecule is NC(=O)CN(CC(N)=O)Cc1cc(Cl)ccn1. The summed E-state index contributed by atoms with van der Waals surface area (Å²) in [5.41, 5.74) is 10.8. The van der Waals surface area contributed by atoms with Crippen LogP contribution >= 0.6 is 11.6 Å². The number of primary amides is 2. The van der Waals surface area contributed by atoms with Crippen LogP contribution < -0.4 is 11.5 Å². The zero-order valence-corrected chi connectivity index (χ0v) is 9.85. The molecule has 0 fully saturated rings. The molecule has 0 aliphatic heterocycles. The van der Waals surface area contributed by atoms with E-state index in [2.05, 4.69) is 4.98 Å². The summed E-state index contributed by atoms with van der Waals surface area (Å²) in [6, 6.07) is 3.29. The molecule has 0 unspecified atom stereocenters. The predicted octanol–water partition coefficient (Wildman–Crippen LogP) is -0.492. The fourth-order valence-electron chi connectivity index (χ4n) is 1.37. The van der Waals surface area contributed by atoms with Gasteiger partial charge in [-0.3, -0.25) is 19.5 Å². The van der Waals surface area contributed by atoms with E-state index < -0.39 is 11.8 Å². The van der Waals surface area contributed by atoms with E-state index in [0.29, 0.717) is 10.7 Å². The third-order valence-corrected chi connectivity index (χ3v) is 2.16. The summed E-state index contributed by atoms with van der Waals surface area (Å²) in [5, 5.41) is 0.535. The Labute approximate surface area is 104 Å². The Morgan fingerprint density at radius 1 is 1.29 bits per heavy atom. The number of nitrogens with zero attached hydrogens (tertiary/aromatic N) is 2. The number of nitrogens with two attached hydrogens (primary N) is 2.